The van der Waals surface area contributed by atoms with Crippen LogP contribution in [0.4, 0.5) is 0 Å². The summed E-state index contributed by atoms with van der Waals surface area (Å²) in [5, 5.41) is 13.8. The van der Waals surface area contributed by atoms with Crippen LogP contribution in [0.1, 0.15) is 37.7 Å². The van der Waals surface area contributed by atoms with Crippen molar-refractivity contribution in [3.05, 3.63) is 18.0 Å². The van der Waals surface area contributed by atoms with Crippen molar-refractivity contribution in [1.29, 1.82) is 5.26 Å². The van der Waals surface area contributed by atoms with E-state index in [4.69, 9.17) is 4.74 Å². The van der Waals surface area contributed by atoms with Gasteiger partial charge in [0.05, 0.1) is 24.4 Å². The summed E-state index contributed by atoms with van der Waals surface area (Å²) in [6.07, 6.45) is 8.70. The van der Waals surface area contributed by atoms with Crippen LogP contribution in [0, 0.1) is 16.7 Å². The maximum Gasteiger partial charge on any atom is 0.243 e. The topological polar surface area (TPSA) is 71.2 Å². The Morgan fingerprint density at radius 2 is 2.26 bits per heavy atom. The Morgan fingerprint density at radius 3 is 2.83 bits per heavy atom. The molecule has 1 saturated heterocycles. The van der Waals surface area contributed by atoms with Gasteiger partial charge < -0.3 is 9.64 Å². The molecule has 1 amide bonds. The number of carbonyl (C=O) groups excluding carboxylic acids is 1. The molecule has 2 heterocycles. The quantitative estimate of drug-likeness (QED) is 0.847. The van der Waals surface area contributed by atoms with Crippen LogP contribution in [-0.2, 0) is 23.0 Å². The second-order valence-electron chi connectivity index (χ2n) is 6.76. The smallest absolute Gasteiger partial charge is 0.243 e. The molecule has 2 fully saturated rings. The van der Waals surface area contributed by atoms with Gasteiger partial charge in [-0.1, -0.05) is 12.8 Å². The highest BCUT2D eigenvalue weighted by atomic mass is 16.5. The maximum atomic E-state index is 13.1. The Morgan fingerprint density at radius 1 is 1.52 bits per heavy atom. The molecule has 1 aliphatic heterocycles. The maximum absolute atomic E-state index is 13.1. The molecule has 124 valence electrons. The highest BCUT2D eigenvalue weighted by molar-refractivity contribution is 5.86. The highest BCUT2D eigenvalue weighted by Crippen LogP contribution is 2.41. The summed E-state index contributed by atoms with van der Waals surface area (Å²) in [5.41, 5.74) is 0.284. The highest BCUT2D eigenvalue weighted by Gasteiger charge is 2.48. The number of nitriles is 1. The average molecular weight is 316 g/mol. The zero-order chi connectivity index (χ0) is 16.4. The molecule has 6 nitrogen and oxygen atoms in total. The number of methoxy groups -OCH3 is 1. The molecular formula is C17H24N4O2. The van der Waals surface area contributed by atoms with Crippen molar-refractivity contribution in [2.45, 2.75) is 50.7 Å². The standard InChI is InChI=1S/C17H24N4O2/c1-20-11-13(10-19-20)9-14-15(23-2)5-8-21(14)16(22)17(12-18)6-3-4-7-17/h10-11,14-15H,3-9H2,1-2H3/t14-,15-/m0/s1. The van der Waals surface area contributed by atoms with Gasteiger partial charge in [0.25, 0.3) is 0 Å². The normalized spacial score (nSPS) is 26.4. The van der Waals surface area contributed by atoms with Crippen LogP contribution >= 0.6 is 0 Å². The number of aromatic nitrogens is 2. The lowest BCUT2D eigenvalue weighted by molar-refractivity contribution is -0.140. The van der Waals surface area contributed by atoms with Crippen LogP contribution < -0.4 is 0 Å². The number of likely N-dealkylation sites (tertiary alicyclic amines) is 1. The number of rotatable bonds is 4. The SMILES string of the molecule is CO[C@H]1CCN(C(=O)C2(C#N)CCCC2)[C@H]1Cc1cnn(C)c1. The minimum absolute atomic E-state index is 0.00550. The molecule has 6 heteroatoms. The Hall–Kier alpha value is -1.87. The number of hydrogen-bond acceptors (Lipinski definition) is 4. The zero-order valence-corrected chi connectivity index (χ0v) is 13.9. The summed E-state index contributed by atoms with van der Waals surface area (Å²) in [5.74, 6) is 0.00550. The lowest BCUT2D eigenvalue weighted by Crippen LogP contribution is -2.47. The lowest BCUT2D eigenvalue weighted by Gasteiger charge is -2.32. The van der Waals surface area contributed by atoms with Crippen LogP contribution in [0.3, 0.4) is 0 Å². The zero-order valence-electron chi connectivity index (χ0n) is 13.9. The number of hydrogen-bond donors (Lipinski definition) is 0. The second-order valence-corrected chi connectivity index (χ2v) is 6.76. The van der Waals surface area contributed by atoms with E-state index in [1.54, 1.807) is 11.8 Å². The molecule has 23 heavy (non-hydrogen) atoms. The van der Waals surface area contributed by atoms with Crippen LogP contribution in [0.5, 0.6) is 0 Å². The van der Waals surface area contributed by atoms with Gasteiger partial charge in [-0.2, -0.15) is 10.4 Å². The van der Waals surface area contributed by atoms with Gasteiger partial charge in [-0.3, -0.25) is 9.48 Å². The van der Waals surface area contributed by atoms with Crippen LogP contribution in [0.15, 0.2) is 12.4 Å². The molecule has 0 bridgehead atoms. The largest absolute Gasteiger partial charge is 0.379 e. The predicted octanol–water partition coefficient (Wildman–Crippen LogP) is 1.66. The number of ether oxygens (including phenoxy) is 1. The van der Waals surface area contributed by atoms with Crippen molar-refractivity contribution in [2.75, 3.05) is 13.7 Å². The molecule has 0 N–H and O–H groups in total. The van der Waals surface area contributed by atoms with E-state index in [1.165, 1.54) is 0 Å². The van der Waals surface area contributed by atoms with Crippen molar-refractivity contribution < 1.29 is 9.53 Å². The van der Waals surface area contributed by atoms with Crippen molar-refractivity contribution in [3.8, 4) is 6.07 Å². The number of nitrogens with zero attached hydrogens (tertiary/aromatic N) is 4. The monoisotopic (exact) mass is 316 g/mol. The lowest BCUT2D eigenvalue weighted by atomic mass is 9.86. The van der Waals surface area contributed by atoms with Crippen molar-refractivity contribution in [3.63, 3.8) is 0 Å². The number of aryl methyl sites for hydroxylation is 1. The van der Waals surface area contributed by atoms with Gasteiger partial charge in [0.15, 0.2) is 0 Å². The van der Waals surface area contributed by atoms with Crippen LogP contribution in [0.2, 0.25) is 0 Å². The number of carbonyl (C=O) groups is 1. The van der Waals surface area contributed by atoms with E-state index < -0.39 is 5.41 Å². The third kappa shape index (κ3) is 2.86. The number of amides is 1. The van der Waals surface area contributed by atoms with Crippen molar-refractivity contribution in [2.24, 2.45) is 12.5 Å². The summed E-state index contributed by atoms with van der Waals surface area (Å²) in [6, 6.07) is 2.32. The summed E-state index contributed by atoms with van der Waals surface area (Å²) in [7, 11) is 3.59. The fourth-order valence-electron chi connectivity index (χ4n) is 4.04. The Kier molecular flexibility index (Phi) is 4.40. The van der Waals surface area contributed by atoms with E-state index in [0.29, 0.717) is 19.4 Å². The first kappa shape index (κ1) is 16.0. The molecular weight excluding hydrogens is 292 g/mol. The van der Waals surface area contributed by atoms with E-state index in [2.05, 4.69) is 11.2 Å². The third-order valence-corrected chi connectivity index (χ3v) is 5.33. The van der Waals surface area contributed by atoms with Crippen LogP contribution in [0.25, 0.3) is 0 Å². The van der Waals surface area contributed by atoms with Gasteiger partial charge in [-0.25, -0.2) is 0 Å². The van der Waals surface area contributed by atoms with E-state index in [1.807, 2.05) is 24.3 Å². The predicted molar refractivity (Wildman–Crippen MR) is 84.3 cm³/mol. The summed E-state index contributed by atoms with van der Waals surface area (Å²) < 4.78 is 7.38. The van der Waals surface area contributed by atoms with E-state index in [0.717, 1.165) is 31.2 Å². The van der Waals surface area contributed by atoms with E-state index in [-0.39, 0.29) is 18.1 Å². The summed E-state index contributed by atoms with van der Waals surface area (Å²) in [4.78, 5) is 15.0. The first-order valence-corrected chi connectivity index (χ1v) is 8.32. The molecule has 2 atom stereocenters. The van der Waals surface area contributed by atoms with Gasteiger partial charge in [0, 0.05) is 26.9 Å². The molecule has 3 rings (SSSR count). The molecule has 1 aliphatic carbocycles. The van der Waals surface area contributed by atoms with Crippen LogP contribution in [-0.4, -0.2) is 46.4 Å². The Labute approximate surface area is 137 Å². The Bertz CT molecular complexity index is 612. The van der Waals surface area contributed by atoms with E-state index in [9.17, 15) is 10.1 Å². The van der Waals surface area contributed by atoms with E-state index >= 15 is 0 Å². The first-order valence-electron chi connectivity index (χ1n) is 8.32. The summed E-state index contributed by atoms with van der Waals surface area (Å²) in [6.45, 7) is 0.672. The fraction of sp³-hybridized carbons (Fsp3) is 0.706. The minimum atomic E-state index is -0.810. The fourth-order valence-corrected chi connectivity index (χ4v) is 4.04. The van der Waals surface area contributed by atoms with Gasteiger partial charge in [-0.05, 0) is 31.2 Å². The van der Waals surface area contributed by atoms with Crippen molar-refractivity contribution >= 4 is 5.91 Å². The third-order valence-electron chi connectivity index (χ3n) is 5.33. The molecule has 0 aromatic carbocycles. The van der Waals surface area contributed by atoms with Crippen molar-refractivity contribution in [1.82, 2.24) is 14.7 Å². The Balaban J connectivity index is 1.82. The van der Waals surface area contributed by atoms with Gasteiger partial charge in [-0.15, -0.1) is 0 Å². The average Bonchev–Trinajstić information content (AvgIpc) is 3.27. The molecule has 0 radical (unpaired) electrons. The molecule has 0 unspecified atom stereocenters. The molecule has 1 saturated carbocycles. The molecule has 1 aromatic heterocycles. The van der Waals surface area contributed by atoms with Gasteiger partial charge in [0.1, 0.15) is 5.41 Å². The van der Waals surface area contributed by atoms with Gasteiger partial charge >= 0.3 is 0 Å². The summed E-state index contributed by atoms with van der Waals surface area (Å²) >= 11 is 0. The molecule has 0 spiro atoms. The molecule has 1 aromatic rings. The first-order chi connectivity index (χ1) is 11.1. The minimum Gasteiger partial charge on any atom is -0.379 e. The van der Waals surface area contributed by atoms with Gasteiger partial charge in [0.2, 0.25) is 5.91 Å². The molecule has 2 aliphatic rings. The second kappa shape index (κ2) is 6.32.